The van der Waals surface area contributed by atoms with Crippen LogP contribution in [0.25, 0.3) is 0 Å². The minimum absolute atomic E-state index is 0.0270. The number of sulfone groups is 1. The van der Waals surface area contributed by atoms with E-state index >= 15 is 0 Å². The number of allylic oxidation sites excluding steroid dienone is 1. The summed E-state index contributed by atoms with van der Waals surface area (Å²) in [6.07, 6.45) is 5.39. The zero-order chi connectivity index (χ0) is 9.22. The lowest BCUT2D eigenvalue weighted by Crippen LogP contribution is -2.30. The lowest BCUT2D eigenvalue weighted by molar-refractivity contribution is 0.569. The van der Waals surface area contributed by atoms with Crippen LogP contribution in [0.4, 0.5) is 0 Å². The van der Waals surface area contributed by atoms with Gasteiger partial charge in [-0.25, -0.2) is 8.42 Å². The monoisotopic (exact) mass is 216 g/mol. The number of hydrogen-bond acceptors (Lipinski definition) is 3. The summed E-state index contributed by atoms with van der Waals surface area (Å²) < 4.78 is 34.7. The summed E-state index contributed by atoms with van der Waals surface area (Å²) in [5.74, 6) is -0.0270. The second kappa shape index (κ2) is 2.15. The highest BCUT2D eigenvalue weighted by atomic mass is 32.2. The smallest absolute Gasteiger partial charge is 0.176 e. The topological polar surface area (TPSA) is 51.2 Å². The van der Waals surface area contributed by atoms with E-state index in [1.165, 1.54) is 5.41 Å². The first-order chi connectivity index (χ1) is 6.11. The molecule has 0 N–H and O–H groups in total. The maximum atomic E-state index is 11.6. The van der Waals surface area contributed by atoms with Crippen molar-refractivity contribution >= 4 is 20.6 Å². The molecule has 0 aromatic rings. The van der Waals surface area contributed by atoms with Crippen molar-refractivity contribution in [1.29, 1.82) is 0 Å². The van der Waals surface area contributed by atoms with E-state index in [-0.39, 0.29) is 16.4 Å². The second-order valence-electron chi connectivity index (χ2n) is 3.60. The molecule has 13 heavy (non-hydrogen) atoms. The molecule has 0 radical (unpaired) electrons. The summed E-state index contributed by atoms with van der Waals surface area (Å²) in [6.45, 7) is 0. The van der Waals surface area contributed by atoms with Gasteiger partial charge in [0.15, 0.2) is 9.84 Å². The molecule has 3 aliphatic rings. The van der Waals surface area contributed by atoms with Gasteiger partial charge in [0.05, 0.1) is 15.7 Å². The molecule has 0 spiro atoms. The van der Waals surface area contributed by atoms with Crippen molar-refractivity contribution < 1.29 is 12.6 Å². The van der Waals surface area contributed by atoms with Crippen molar-refractivity contribution in [3.05, 3.63) is 23.6 Å². The van der Waals surface area contributed by atoms with Crippen LogP contribution in [-0.4, -0.2) is 28.4 Å². The molecule has 0 amide bonds. The molecule has 2 bridgehead atoms. The number of rotatable bonds is 0. The molecule has 5 atom stereocenters. The van der Waals surface area contributed by atoms with Gasteiger partial charge in [-0.2, -0.15) is 0 Å². The molecule has 1 saturated heterocycles. The molecule has 0 saturated carbocycles. The normalized spacial score (nSPS) is 54.3. The Morgan fingerprint density at radius 2 is 1.77 bits per heavy atom. The molecule has 0 aromatic heterocycles. The first-order valence-electron chi connectivity index (χ1n) is 4.11. The predicted molar refractivity (Wildman–Crippen MR) is 50.2 cm³/mol. The molecule has 1 unspecified atom stereocenters. The van der Waals surface area contributed by atoms with E-state index in [1.807, 2.05) is 6.08 Å². The van der Waals surface area contributed by atoms with Crippen LogP contribution in [0.5, 0.6) is 0 Å². The van der Waals surface area contributed by atoms with Crippen LogP contribution in [0.15, 0.2) is 23.6 Å². The zero-order valence-electron chi connectivity index (χ0n) is 6.66. The standard InChI is InChI=1S/C8H8O3S2/c9-12-6-1-2-7(12)8-5(6)3-4-13(8,10)11/h1-8H/t5-,6+,7+,8-,12?/m0/s1. The van der Waals surface area contributed by atoms with Gasteiger partial charge in [-0.05, 0) is 0 Å². The van der Waals surface area contributed by atoms with Gasteiger partial charge in [0.25, 0.3) is 0 Å². The Hall–Kier alpha value is -0.420. The predicted octanol–water partition coefficient (Wildman–Crippen LogP) is -0.0174. The molecular formula is C8H8O3S2. The Morgan fingerprint density at radius 1 is 1.08 bits per heavy atom. The maximum absolute atomic E-state index is 11.6. The average molecular weight is 216 g/mol. The molecule has 5 heteroatoms. The molecule has 3 nitrogen and oxygen atoms in total. The van der Waals surface area contributed by atoms with Crippen LogP contribution in [0.3, 0.4) is 0 Å². The summed E-state index contributed by atoms with van der Waals surface area (Å²) in [7, 11) is -4.11. The van der Waals surface area contributed by atoms with Crippen LogP contribution in [0.1, 0.15) is 0 Å². The third kappa shape index (κ3) is 0.794. The van der Waals surface area contributed by atoms with E-state index in [4.69, 9.17) is 0 Å². The minimum Gasteiger partial charge on any atom is -0.258 e. The first-order valence-corrected chi connectivity index (χ1v) is 7.00. The molecule has 0 aromatic carbocycles. The van der Waals surface area contributed by atoms with E-state index < -0.39 is 25.9 Å². The van der Waals surface area contributed by atoms with Crippen molar-refractivity contribution in [2.75, 3.05) is 0 Å². The number of hydrogen-bond donors (Lipinski definition) is 0. The molecule has 0 aliphatic carbocycles. The minimum atomic E-state index is -3.11. The van der Waals surface area contributed by atoms with E-state index in [0.29, 0.717) is 0 Å². The Labute approximate surface area is 78.9 Å². The quantitative estimate of drug-likeness (QED) is 0.535. The van der Waals surface area contributed by atoms with Crippen molar-refractivity contribution in [3.63, 3.8) is 0 Å². The van der Waals surface area contributed by atoms with Crippen molar-refractivity contribution in [3.8, 4) is 0 Å². The first kappa shape index (κ1) is 7.94. The van der Waals surface area contributed by atoms with Gasteiger partial charge in [0, 0.05) is 22.1 Å². The highest BCUT2D eigenvalue weighted by Gasteiger charge is 2.56. The molecule has 3 rings (SSSR count). The van der Waals surface area contributed by atoms with E-state index in [9.17, 15) is 12.6 Å². The van der Waals surface area contributed by atoms with Gasteiger partial charge in [-0.3, -0.25) is 4.21 Å². The Bertz CT molecular complexity index is 446. The molecule has 1 fully saturated rings. The van der Waals surface area contributed by atoms with Crippen LogP contribution in [-0.2, 0) is 20.6 Å². The fourth-order valence-electron chi connectivity index (χ4n) is 2.40. The largest absolute Gasteiger partial charge is 0.258 e. The summed E-state index contributed by atoms with van der Waals surface area (Å²) in [5, 5.41) is 0.549. The molecular weight excluding hydrogens is 208 g/mol. The van der Waals surface area contributed by atoms with E-state index in [0.717, 1.165) is 0 Å². The highest BCUT2D eigenvalue weighted by molar-refractivity contribution is 7.97. The fourth-order valence-corrected chi connectivity index (χ4v) is 6.91. The van der Waals surface area contributed by atoms with Crippen molar-refractivity contribution in [2.45, 2.75) is 15.7 Å². The summed E-state index contributed by atoms with van der Waals surface area (Å²) in [6, 6.07) is 0. The van der Waals surface area contributed by atoms with Gasteiger partial charge in [-0.1, -0.05) is 18.2 Å². The van der Waals surface area contributed by atoms with Crippen LogP contribution in [0.2, 0.25) is 0 Å². The summed E-state index contributed by atoms with van der Waals surface area (Å²) in [4.78, 5) is 0. The van der Waals surface area contributed by atoms with Crippen LogP contribution >= 0.6 is 0 Å². The molecule has 3 aliphatic heterocycles. The fraction of sp³-hybridized carbons (Fsp3) is 0.500. The van der Waals surface area contributed by atoms with Gasteiger partial charge in [0.1, 0.15) is 0 Å². The third-order valence-electron chi connectivity index (χ3n) is 2.98. The Morgan fingerprint density at radius 3 is 2.46 bits per heavy atom. The lowest BCUT2D eigenvalue weighted by Gasteiger charge is -2.15. The molecule has 3 heterocycles. The van der Waals surface area contributed by atoms with Crippen molar-refractivity contribution in [1.82, 2.24) is 0 Å². The van der Waals surface area contributed by atoms with Crippen molar-refractivity contribution in [2.24, 2.45) is 5.92 Å². The van der Waals surface area contributed by atoms with Gasteiger partial charge in [0.2, 0.25) is 0 Å². The van der Waals surface area contributed by atoms with Gasteiger partial charge < -0.3 is 0 Å². The van der Waals surface area contributed by atoms with E-state index in [2.05, 4.69) is 0 Å². The number of fused-ring (bicyclic) bond motifs is 5. The Balaban J connectivity index is 2.21. The summed E-state index contributed by atoms with van der Waals surface area (Å²) in [5.41, 5.74) is 0. The van der Waals surface area contributed by atoms with Gasteiger partial charge >= 0.3 is 0 Å². The second-order valence-corrected chi connectivity index (χ2v) is 7.34. The van der Waals surface area contributed by atoms with E-state index in [1.54, 1.807) is 12.2 Å². The Kier molecular flexibility index (Phi) is 1.31. The zero-order valence-corrected chi connectivity index (χ0v) is 8.29. The van der Waals surface area contributed by atoms with Crippen LogP contribution in [0, 0.1) is 5.92 Å². The highest BCUT2D eigenvalue weighted by Crippen LogP contribution is 2.45. The average Bonchev–Trinajstić information content (AvgIpc) is 2.65. The third-order valence-corrected chi connectivity index (χ3v) is 7.05. The maximum Gasteiger partial charge on any atom is 0.176 e. The van der Waals surface area contributed by atoms with Crippen LogP contribution < -0.4 is 0 Å². The SMILES string of the molecule is O=S1[C@@H]2C=C[C@@H]1[C@@H]1[C@H]2C=CS1(=O)=O. The molecule has 70 valence electrons. The summed E-state index contributed by atoms with van der Waals surface area (Å²) >= 11 is 0. The van der Waals surface area contributed by atoms with Gasteiger partial charge in [-0.15, -0.1) is 0 Å². The lowest BCUT2D eigenvalue weighted by atomic mass is 9.94.